The number of benzene rings is 2. The van der Waals surface area contributed by atoms with Crippen LogP contribution >= 0.6 is 34.7 Å². The maximum Gasteiger partial charge on any atom is 0.260 e. The lowest BCUT2D eigenvalue weighted by Crippen LogP contribution is -2.58. The van der Waals surface area contributed by atoms with Gasteiger partial charge in [-0.2, -0.15) is 0 Å². The van der Waals surface area contributed by atoms with E-state index in [9.17, 15) is 28.4 Å². The van der Waals surface area contributed by atoms with Gasteiger partial charge in [0.05, 0.1) is 39.2 Å². The number of thiazole rings is 1. The number of carbonyl (C=O) groups is 5. The number of piperidine rings is 2. The highest BCUT2D eigenvalue weighted by Gasteiger charge is 2.53. The second-order valence-electron chi connectivity index (χ2n) is 21.0. The Bertz CT molecular complexity index is 2630. The number of carbonyl (C=O) groups excluding carboxylic acids is 5. The molecule has 5 N–H and O–H groups in total. The number of likely N-dealkylation sites (tertiary alicyclic amines) is 2. The molecule has 3 saturated heterocycles. The molecule has 1 aliphatic carbocycles. The van der Waals surface area contributed by atoms with E-state index in [1.54, 1.807) is 49.6 Å². The number of anilines is 2. The Morgan fingerprint density at radius 1 is 0.986 bits per heavy atom. The van der Waals surface area contributed by atoms with E-state index < -0.39 is 35.0 Å². The highest BCUT2D eigenvalue weighted by molar-refractivity contribution is 7.99. The first-order chi connectivity index (χ1) is 34.3. The summed E-state index contributed by atoms with van der Waals surface area (Å²) in [5.74, 6) is -0.610. The van der Waals surface area contributed by atoms with Crippen molar-refractivity contribution in [1.82, 2.24) is 35.4 Å². The van der Waals surface area contributed by atoms with Crippen LogP contribution in [0.5, 0.6) is 5.75 Å². The van der Waals surface area contributed by atoms with Gasteiger partial charge < -0.3 is 41.1 Å². The molecule has 4 aliphatic rings. The van der Waals surface area contributed by atoms with Gasteiger partial charge in [0.25, 0.3) is 11.8 Å². The molecular formula is C52H66ClFN10O6S2. The predicted molar refractivity (Wildman–Crippen MR) is 278 cm³/mol. The molecule has 4 aromatic rings. The second kappa shape index (κ2) is 22.4. The van der Waals surface area contributed by atoms with Crippen LogP contribution in [0.3, 0.4) is 0 Å². The third-order valence-electron chi connectivity index (χ3n) is 14.5. The first-order valence-corrected chi connectivity index (χ1v) is 27.0. The topological polar surface area (TPSA) is 205 Å². The number of nitrogens with two attached hydrogens (primary N) is 1. The van der Waals surface area contributed by atoms with Crippen LogP contribution < -0.4 is 31.3 Å². The Morgan fingerprint density at radius 2 is 1.74 bits per heavy atom. The fourth-order valence-corrected chi connectivity index (χ4v) is 11.3. The van der Waals surface area contributed by atoms with E-state index in [0.29, 0.717) is 78.9 Å². The fourth-order valence-electron chi connectivity index (χ4n) is 9.45. The SMILES string of the molecule is Cc1ncsc1-c1ccc(CNC(=O)[C@@H]2CCCN2C(=O)[C@@H](NC(=O)C2(F)CC2)C(C)(C)C)c(OCC(=O)N2CCC(CC(=O)Nc3cccc(Sc4cnc(N5CCC(C)(CN)CC5)cn4)c3Cl)CC2)c1. The number of halogens is 2. The molecule has 0 spiro atoms. The molecule has 16 nitrogen and oxygen atoms in total. The molecule has 4 fully saturated rings. The van der Waals surface area contributed by atoms with Gasteiger partial charge in [0.2, 0.25) is 17.7 Å². The summed E-state index contributed by atoms with van der Waals surface area (Å²) < 4.78 is 20.9. The van der Waals surface area contributed by atoms with E-state index >= 15 is 0 Å². The number of alkyl halides is 1. The Balaban J connectivity index is 0.827. The van der Waals surface area contributed by atoms with Crippen LogP contribution in [0.4, 0.5) is 15.9 Å². The van der Waals surface area contributed by atoms with Crippen molar-refractivity contribution >= 4 is 75.7 Å². The molecule has 0 radical (unpaired) electrons. The molecule has 72 heavy (non-hydrogen) atoms. The zero-order valence-corrected chi connectivity index (χ0v) is 44.1. The fraction of sp³-hybridized carbons (Fsp3) is 0.538. The van der Waals surface area contributed by atoms with Crippen molar-refractivity contribution < 1.29 is 33.1 Å². The molecule has 5 amide bonds. The van der Waals surface area contributed by atoms with E-state index in [4.69, 9.17) is 22.1 Å². The summed E-state index contributed by atoms with van der Waals surface area (Å²) in [6.45, 7) is 13.1. The number of aryl methyl sites for hydroxylation is 1. The monoisotopic (exact) mass is 1040 g/mol. The Hall–Kier alpha value is -5.37. The first-order valence-electron chi connectivity index (χ1n) is 24.9. The van der Waals surface area contributed by atoms with Gasteiger partial charge in [-0.3, -0.25) is 24.0 Å². The molecule has 0 bridgehead atoms. The number of aromatic nitrogens is 3. The van der Waals surface area contributed by atoms with Crippen molar-refractivity contribution in [2.45, 2.75) is 127 Å². The average molecular weight is 1050 g/mol. The molecule has 5 heterocycles. The summed E-state index contributed by atoms with van der Waals surface area (Å²) in [5, 5.41) is 9.74. The van der Waals surface area contributed by atoms with E-state index in [1.807, 2.05) is 37.3 Å². The van der Waals surface area contributed by atoms with Crippen molar-refractivity contribution in [3.63, 3.8) is 0 Å². The third kappa shape index (κ3) is 12.7. The smallest absolute Gasteiger partial charge is 0.260 e. The molecule has 0 unspecified atom stereocenters. The maximum atomic E-state index is 14.7. The number of ether oxygens (including phenoxy) is 1. The molecule has 3 aliphatic heterocycles. The summed E-state index contributed by atoms with van der Waals surface area (Å²) in [4.78, 5) is 88.4. The third-order valence-corrected chi connectivity index (χ3v) is 17.0. The number of amides is 5. The van der Waals surface area contributed by atoms with Gasteiger partial charge in [-0.05, 0) is 105 Å². The van der Waals surface area contributed by atoms with Gasteiger partial charge >= 0.3 is 0 Å². The van der Waals surface area contributed by atoms with Gasteiger partial charge in [-0.15, -0.1) is 11.3 Å². The largest absolute Gasteiger partial charge is 0.483 e. The maximum absolute atomic E-state index is 14.7. The number of hydrogen-bond donors (Lipinski definition) is 4. The van der Waals surface area contributed by atoms with Gasteiger partial charge in [0.1, 0.15) is 28.7 Å². The summed E-state index contributed by atoms with van der Waals surface area (Å²) in [5.41, 5.74) is 8.10. The Morgan fingerprint density at radius 3 is 2.39 bits per heavy atom. The van der Waals surface area contributed by atoms with Crippen molar-refractivity contribution in [3.05, 3.63) is 70.6 Å². The van der Waals surface area contributed by atoms with Crippen molar-refractivity contribution in [2.24, 2.45) is 22.5 Å². The van der Waals surface area contributed by atoms with E-state index in [0.717, 1.165) is 52.8 Å². The zero-order chi connectivity index (χ0) is 51.4. The lowest BCUT2D eigenvalue weighted by molar-refractivity contribution is -0.144. The van der Waals surface area contributed by atoms with Crippen LogP contribution in [0.25, 0.3) is 10.4 Å². The molecule has 2 aromatic heterocycles. The van der Waals surface area contributed by atoms with E-state index in [2.05, 4.69) is 42.7 Å². The zero-order valence-electron chi connectivity index (χ0n) is 41.7. The van der Waals surface area contributed by atoms with Gasteiger partial charge in [-0.25, -0.2) is 19.3 Å². The molecule has 2 aromatic carbocycles. The van der Waals surface area contributed by atoms with Crippen LogP contribution in [-0.2, 0) is 30.5 Å². The Labute approximate surface area is 434 Å². The molecule has 8 rings (SSSR count). The van der Waals surface area contributed by atoms with E-state index in [1.165, 1.54) is 28.0 Å². The summed E-state index contributed by atoms with van der Waals surface area (Å²) in [7, 11) is 0. The van der Waals surface area contributed by atoms with Crippen molar-refractivity contribution in [1.29, 1.82) is 0 Å². The van der Waals surface area contributed by atoms with Crippen LogP contribution in [0.1, 0.15) is 96.7 Å². The minimum absolute atomic E-state index is 0.0616. The van der Waals surface area contributed by atoms with Crippen LogP contribution in [0.2, 0.25) is 5.02 Å². The normalized spacial score (nSPS) is 19.1. The summed E-state index contributed by atoms with van der Waals surface area (Å²) >= 11 is 9.69. The minimum atomic E-state index is -1.94. The number of hydrogen-bond acceptors (Lipinski definition) is 13. The molecule has 386 valence electrons. The van der Waals surface area contributed by atoms with Gasteiger partial charge in [0.15, 0.2) is 12.3 Å². The summed E-state index contributed by atoms with van der Waals surface area (Å²) in [6, 6.07) is 9.33. The Kier molecular flexibility index (Phi) is 16.5. The summed E-state index contributed by atoms with van der Waals surface area (Å²) in [6.07, 6.45) is 8.39. The molecule has 2 atom stereocenters. The highest BCUT2D eigenvalue weighted by atomic mass is 35.5. The number of nitrogens with one attached hydrogen (secondary N) is 3. The van der Waals surface area contributed by atoms with Crippen molar-refractivity contribution in [2.75, 3.05) is 56.1 Å². The first kappa shape index (κ1) is 52.9. The molecule has 20 heteroatoms. The quantitative estimate of drug-likeness (QED) is 0.0809. The standard InChI is InChI=1S/C52H66ClFN10O6S2/c1-32-45(71-31-59-32)34-11-12-35(26-58-47(67)37-9-7-19-64(37)48(68)46(50(2,3)4)61-49(69)52(54)15-16-52)38(25-34)70-29-43(66)63-20-13-33(14-21-63)24-41(65)60-36-8-6-10-39(44(36)53)72-42-28-56-40(27-57-42)62-22-17-51(5,30-55)18-23-62/h6,8,10-12,25,27-28,31,33,37,46H,7,9,13-24,26,29-30,55H2,1-5H3,(H,58,67)(H,60,65)(H,61,69)/t37-,46+/m0/s1. The number of nitrogens with zero attached hydrogens (tertiary/aromatic N) is 6. The highest BCUT2D eigenvalue weighted by Crippen LogP contribution is 2.41. The van der Waals surface area contributed by atoms with Crippen LogP contribution in [0.15, 0.2) is 64.2 Å². The van der Waals surface area contributed by atoms with Gasteiger partial charge in [-0.1, -0.05) is 69.3 Å². The van der Waals surface area contributed by atoms with Crippen LogP contribution in [0, 0.1) is 23.7 Å². The second-order valence-corrected chi connectivity index (χ2v) is 23.3. The van der Waals surface area contributed by atoms with Crippen LogP contribution in [-0.4, -0.2) is 118 Å². The minimum Gasteiger partial charge on any atom is -0.483 e. The van der Waals surface area contributed by atoms with E-state index in [-0.39, 0.29) is 61.5 Å². The number of rotatable bonds is 17. The molecular weight excluding hydrogens is 979 g/mol. The lowest BCUT2D eigenvalue weighted by Gasteiger charge is -2.39. The lowest BCUT2D eigenvalue weighted by atomic mass is 9.80. The molecule has 1 saturated carbocycles. The predicted octanol–water partition coefficient (Wildman–Crippen LogP) is 7.56. The van der Waals surface area contributed by atoms with Gasteiger partial charge in [0, 0.05) is 56.1 Å². The van der Waals surface area contributed by atoms with Crippen molar-refractivity contribution in [3.8, 4) is 16.2 Å². The average Bonchev–Trinajstić information content (AvgIpc) is 3.68.